The van der Waals surface area contributed by atoms with E-state index in [-0.39, 0.29) is 5.91 Å². The van der Waals surface area contributed by atoms with Gasteiger partial charge >= 0.3 is 0 Å². The predicted octanol–water partition coefficient (Wildman–Crippen LogP) is 1.35. The summed E-state index contributed by atoms with van der Waals surface area (Å²) in [5, 5.41) is 0. The van der Waals surface area contributed by atoms with Gasteiger partial charge in [-0.3, -0.25) is 20.6 Å². The van der Waals surface area contributed by atoms with Gasteiger partial charge in [0.1, 0.15) is 0 Å². The smallest absolute Gasteiger partial charge is 0.242 e. The number of anilines is 2. The highest BCUT2D eigenvalue weighted by atomic mass is 16.2. The largest absolute Gasteiger partial charge is 0.396 e. The van der Waals surface area contributed by atoms with E-state index in [4.69, 9.17) is 5.73 Å². The van der Waals surface area contributed by atoms with Gasteiger partial charge in [0, 0.05) is 6.20 Å². The molecule has 18 heavy (non-hydrogen) atoms. The zero-order valence-electron chi connectivity index (χ0n) is 9.76. The minimum Gasteiger partial charge on any atom is -0.396 e. The van der Waals surface area contributed by atoms with E-state index < -0.39 is 0 Å². The fraction of sp³-hybridized carbons (Fsp3) is 0.0769. The van der Waals surface area contributed by atoms with Crippen LogP contribution in [0.2, 0.25) is 0 Å². The van der Waals surface area contributed by atoms with Crippen molar-refractivity contribution < 1.29 is 4.79 Å². The molecule has 0 radical (unpaired) electrons. The molecule has 1 aromatic heterocycles. The monoisotopic (exact) mass is 242 g/mol. The van der Waals surface area contributed by atoms with Crippen molar-refractivity contribution in [3.8, 4) is 0 Å². The average molecular weight is 242 g/mol. The highest BCUT2D eigenvalue weighted by molar-refractivity contribution is 5.80. The first kappa shape index (κ1) is 11.9. The van der Waals surface area contributed by atoms with Crippen LogP contribution in [0.15, 0.2) is 48.8 Å². The first-order valence-corrected chi connectivity index (χ1v) is 5.54. The van der Waals surface area contributed by atoms with Crippen LogP contribution in [-0.2, 0) is 11.2 Å². The maximum atomic E-state index is 11.7. The summed E-state index contributed by atoms with van der Waals surface area (Å²) in [4.78, 5) is 15.5. The van der Waals surface area contributed by atoms with Crippen molar-refractivity contribution in [1.82, 2.24) is 10.4 Å². The zero-order valence-corrected chi connectivity index (χ0v) is 9.76. The molecule has 92 valence electrons. The third-order valence-corrected chi connectivity index (χ3v) is 2.40. The molecule has 0 saturated carbocycles. The van der Waals surface area contributed by atoms with E-state index in [1.807, 2.05) is 30.3 Å². The molecule has 0 aliphatic rings. The fourth-order valence-electron chi connectivity index (χ4n) is 1.48. The Morgan fingerprint density at radius 1 is 1.22 bits per heavy atom. The van der Waals surface area contributed by atoms with Gasteiger partial charge in [0.2, 0.25) is 5.91 Å². The van der Waals surface area contributed by atoms with Crippen molar-refractivity contribution >= 4 is 17.3 Å². The standard InChI is InChI=1S/C13H14N4O/c14-11-9-15-7-6-12(11)16-17-13(18)8-10-4-2-1-3-5-10/h1-7,9H,8,14H2,(H,15,16)(H,17,18). The number of nitrogens with one attached hydrogen (secondary N) is 2. The van der Waals surface area contributed by atoms with E-state index in [1.54, 1.807) is 12.3 Å². The lowest BCUT2D eigenvalue weighted by Crippen LogP contribution is -2.31. The highest BCUT2D eigenvalue weighted by Gasteiger charge is 2.03. The fourth-order valence-corrected chi connectivity index (χ4v) is 1.48. The topological polar surface area (TPSA) is 80.0 Å². The van der Waals surface area contributed by atoms with Gasteiger partial charge in [0.15, 0.2) is 0 Å². The number of benzene rings is 1. The van der Waals surface area contributed by atoms with E-state index in [2.05, 4.69) is 15.8 Å². The molecule has 1 aromatic carbocycles. The van der Waals surface area contributed by atoms with Crippen LogP contribution in [0, 0.1) is 0 Å². The zero-order chi connectivity index (χ0) is 12.8. The van der Waals surface area contributed by atoms with Crippen LogP contribution in [0.25, 0.3) is 0 Å². The Bertz CT molecular complexity index is 528. The molecule has 5 nitrogen and oxygen atoms in total. The quantitative estimate of drug-likeness (QED) is 0.707. The number of hydrogen-bond donors (Lipinski definition) is 3. The number of nitrogens with zero attached hydrogens (tertiary/aromatic N) is 1. The molecule has 0 spiro atoms. The Labute approximate surface area is 105 Å². The van der Waals surface area contributed by atoms with Crippen LogP contribution in [0.3, 0.4) is 0 Å². The predicted molar refractivity (Wildman–Crippen MR) is 70.6 cm³/mol. The number of nitrogen functional groups attached to an aromatic ring is 1. The van der Waals surface area contributed by atoms with Crippen molar-refractivity contribution in [2.75, 3.05) is 11.2 Å². The molecule has 0 unspecified atom stereocenters. The first-order chi connectivity index (χ1) is 8.75. The third kappa shape index (κ3) is 3.21. The summed E-state index contributed by atoms with van der Waals surface area (Å²) in [5.74, 6) is -0.127. The summed E-state index contributed by atoms with van der Waals surface area (Å²) in [7, 11) is 0. The molecule has 2 aromatic rings. The van der Waals surface area contributed by atoms with Crippen LogP contribution < -0.4 is 16.6 Å². The molecule has 1 heterocycles. The van der Waals surface area contributed by atoms with E-state index >= 15 is 0 Å². The lowest BCUT2D eigenvalue weighted by Gasteiger charge is -2.10. The minimum atomic E-state index is -0.127. The van der Waals surface area contributed by atoms with Gasteiger partial charge in [-0.2, -0.15) is 0 Å². The number of carbonyl (C=O) groups excluding carboxylic acids is 1. The van der Waals surface area contributed by atoms with Gasteiger partial charge in [-0.25, -0.2) is 0 Å². The van der Waals surface area contributed by atoms with Crippen LogP contribution in [0.5, 0.6) is 0 Å². The van der Waals surface area contributed by atoms with Gasteiger partial charge in [0.25, 0.3) is 0 Å². The maximum Gasteiger partial charge on any atom is 0.242 e. The SMILES string of the molecule is Nc1cnccc1NNC(=O)Cc1ccccc1. The molecule has 1 amide bonds. The lowest BCUT2D eigenvalue weighted by atomic mass is 10.1. The lowest BCUT2D eigenvalue weighted by molar-refractivity contribution is -0.119. The van der Waals surface area contributed by atoms with Gasteiger partial charge in [-0.1, -0.05) is 30.3 Å². The molecular formula is C13H14N4O. The average Bonchev–Trinajstić information content (AvgIpc) is 2.39. The molecule has 2 rings (SSSR count). The number of hydrogen-bond acceptors (Lipinski definition) is 4. The number of aromatic nitrogens is 1. The molecular weight excluding hydrogens is 228 g/mol. The maximum absolute atomic E-state index is 11.7. The molecule has 0 saturated heterocycles. The number of carbonyl (C=O) groups is 1. The van der Waals surface area contributed by atoms with Gasteiger partial charge in [-0.15, -0.1) is 0 Å². The Balaban J connectivity index is 1.88. The summed E-state index contributed by atoms with van der Waals surface area (Å²) in [6.07, 6.45) is 3.44. The van der Waals surface area contributed by atoms with Crippen LogP contribution >= 0.6 is 0 Å². The van der Waals surface area contributed by atoms with Crippen LogP contribution in [-0.4, -0.2) is 10.9 Å². The molecule has 0 aliphatic carbocycles. The highest BCUT2D eigenvalue weighted by Crippen LogP contribution is 2.13. The second kappa shape index (κ2) is 5.67. The van der Waals surface area contributed by atoms with Gasteiger partial charge in [-0.05, 0) is 11.6 Å². The molecule has 0 bridgehead atoms. The Hall–Kier alpha value is -2.56. The minimum absolute atomic E-state index is 0.127. The third-order valence-electron chi connectivity index (χ3n) is 2.40. The van der Waals surface area contributed by atoms with Crippen molar-refractivity contribution in [2.45, 2.75) is 6.42 Å². The number of pyridine rings is 1. The normalized spacial score (nSPS) is 9.78. The second-order valence-corrected chi connectivity index (χ2v) is 3.80. The number of hydrazine groups is 1. The van der Waals surface area contributed by atoms with E-state index in [0.29, 0.717) is 17.8 Å². The summed E-state index contributed by atoms with van der Waals surface area (Å²) in [5.41, 5.74) is 13.1. The Kier molecular flexibility index (Phi) is 3.76. The van der Waals surface area contributed by atoms with E-state index in [9.17, 15) is 4.79 Å². The summed E-state index contributed by atoms with van der Waals surface area (Å²) < 4.78 is 0. The van der Waals surface area contributed by atoms with Crippen LogP contribution in [0.1, 0.15) is 5.56 Å². The Morgan fingerprint density at radius 2 is 2.00 bits per heavy atom. The van der Waals surface area contributed by atoms with E-state index in [1.165, 1.54) is 6.20 Å². The summed E-state index contributed by atoms with van der Waals surface area (Å²) >= 11 is 0. The van der Waals surface area contributed by atoms with E-state index in [0.717, 1.165) is 5.56 Å². The Morgan fingerprint density at radius 3 is 2.72 bits per heavy atom. The van der Waals surface area contributed by atoms with Crippen molar-refractivity contribution in [3.05, 3.63) is 54.4 Å². The second-order valence-electron chi connectivity index (χ2n) is 3.80. The van der Waals surface area contributed by atoms with Gasteiger partial charge in [0.05, 0.1) is 24.0 Å². The summed E-state index contributed by atoms with van der Waals surface area (Å²) in [6.45, 7) is 0. The molecule has 4 N–H and O–H groups in total. The molecule has 0 fully saturated rings. The molecule has 0 atom stereocenters. The summed E-state index contributed by atoms with van der Waals surface area (Å²) in [6, 6.07) is 11.2. The van der Waals surface area contributed by atoms with Crippen LogP contribution in [0.4, 0.5) is 11.4 Å². The van der Waals surface area contributed by atoms with Gasteiger partial charge < -0.3 is 5.73 Å². The van der Waals surface area contributed by atoms with Crippen molar-refractivity contribution in [2.24, 2.45) is 0 Å². The van der Waals surface area contributed by atoms with Crippen molar-refractivity contribution in [1.29, 1.82) is 0 Å². The number of amides is 1. The first-order valence-electron chi connectivity index (χ1n) is 5.54. The molecule has 0 aliphatic heterocycles. The molecule has 5 heteroatoms. The van der Waals surface area contributed by atoms with Crippen molar-refractivity contribution in [3.63, 3.8) is 0 Å². The number of rotatable bonds is 4. The number of nitrogens with two attached hydrogens (primary N) is 1.